The molecule has 4 aromatic rings. The highest BCUT2D eigenvalue weighted by Gasteiger charge is 2.35. The number of carbonyl (C=O) groups is 1. The van der Waals surface area contributed by atoms with Gasteiger partial charge in [0.15, 0.2) is 0 Å². The Morgan fingerprint density at radius 1 is 0.696 bits per heavy atom. The molecule has 0 aliphatic carbocycles. The molecule has 0 radical (unpaired) electrons. The smallest absolute Gasteiger partial charge is 0.354 e. The molecule has 2 aliphatic rings. The van der Waals surface area contributed by atoms with Gasteiger partial charge in [-0.1, -0.05) is 12.8 Å². The normalized spacial score (nSPS) is 15.8. The van der Waals surface area contributed by atoms with Crippen LogP contribution in [0.1, 0.15) is 146 Å². The minimum atomic E-state index is -3.99. The summed E-state index contributed by atoms with van der Waals surface area (Å²) in [6, 6.07) is 5.69. The van der Waals surface area contributed by atoms with Crippen LogP contribution in [0.15, 0.2) is 38.0 Å². The first kappa shape index (κ1) is 52.9. The molecule has 0 atom stereocenters. The van der Waals surface area contributed by atoms with Crippen molar-refractivity contribution in [3.8, 4) is 17.2 Å². The molecule has 2 aliphatic heterocycles. The Morgan fingerprint density at radius 3 is 1.67 bits per heavy atom. The van der Waals surface area contributed by atoms with Gasteiger partial charge in [-0.05, 0) is 202 Å². The number of nitrogens with two attached hydrogens (primary N) is 2. The number of H-pyrrole nitrogens is 1. The van der Waals surface area contributed by atoms with E-state index in [1.807, 2.05) is 73.6 Å². The third kappa shape index (κ3) is 12.1. The maximum absolute atomic E-state index is 13.6. The highest BCUT2D eigenvalue weighted by Crippen LogP contribution is 2.43. The monoisotopic (exact) mass is 991 g/mol. The van der Waals surface area contributed by atoms with Crippen LogP contribution in [-0.2, 0) is 44.0 Å². The summed E-state index contributed by atoms with van der Waals surface area (Å²) in [7, 11) is -6.61. The maximum atomic E-state index is 13.6. The molecule has 69 heavy (non-hydrogen) atoms. The number of esters is 1. The number of ether oxygens (including phenoxy) is 4. The summed E-state index contributed by atoms with van der Waals surface area (Å²) in [4.78, 5) is 25.1. The zero-order valence-electron chi connectivity index (χ0n) is 42.4. The van der Waals surface area contributed by atoms with Gasteiger partial charge in [-0.3, -0.25) is 9.98 Å². The van der Waals surface area contributed by atoms with E-state index in [2.05, 4.69) is 24.4 Å². The first-order valence-corrected chi connectivity index (χ1v) is 27.0. The first-order valence-electron chi connectivity index (χ1n) is 24.0. The summed E-state index contributed by atoms with van der Waals surface area (Å²) in [5.74, 6) is 1.47. The number of aliphatic imine (C=N–C) groups is 2. The van der Waals surface area contributed by atoms with Gasteiger partial charge in [0.25, 0.3) is 20.0 Å². The molecule has 378 valence electrons. The number of aromatic amines is 1. The number of guanidine groups is 2. The molecule has 0 spiro atoms. The lowest BCUT2D eigenvalue weighted by Gasteiger charge is -2.35. The third-order valence-electron chi connectivity index (χ3n) is 13.6. The zero-order chi connectivity index (χ0) is 50.6. The summed E-state index contributed by atoms with van der Waals surface area (Å²) in [6.07, 6.45) is 9.02. The van der Waals surface area contributed by atoms with Crippen molar-refractivity contribution in [2.45, 2.75) is 167 Å². The molecular formula is C51H73N7O9S2. The number of sulfonamides is 2. The van der Waals surface area contributed by atoms with Crippen LogP contribution in [-0.4, -0.2) is 77.7 Å². The van der Waals surface area contributed by atoms with Gasteiger partial charge in [-0.25, -0.2) is 31.1 Å². The molecule has 0 unspecified atom stereocenters. The van der Waals surface area contributed by atoms with E-state index >= 15 is 0 Å². The Labute approximate surface area is 408 Å². The minimum Gasteiger partial charge on any atom is -0.494 e. The van der Waals surface area contributed by atoms with E-state index in [0.717, 1.165) is 108 Å². The van der Waals surface area contributed by atoms with Crippen molar-refractivity contribution in [2.24, 2.45) is 21.5 Å². The SMILES string of the molecule is COC(=O)c1[nH]c2ccc(OCCCCCN=C(N)NS(=O)(=O)c3c(C)c(C)c4c(c3C)CCC(C)(C)O4)cc2c1CCCCCCN=C(N)NS(=O)(=O)c1c(C)c(C)c2c(c1C)CCC(C)(C)O2. The molecule has 3 aromatic carbocycles. The van der Waals surface area contributed by atoms with E-state index in [-0.39, 0.29) is 32.9 Å². The van der Waals surface area contributed by atoms with Crippen LogP contribution in [0, 0.1) is 41.5 Å². The Balaban J connectivity index is 0.957. The fourth-order valence-corrected chi connectivity index (χ4v) is 12.6. The number of methoxy groups -OCH3 is 1. The molecule has 16 nitrogen and oxygen atoms in total. The fourth-order valence-electron chi connectivity index (χ4n) is 9.54. The van der Waals surface area contributed by atoms with Crippen molar-refractivity contribution in [1.82, 2.24) is 14.4 Å². The number of nitrogens with one attached hydrogen (secondary N) is 3. The molecular weight excluding hydrogens is 919 g/mol. The van der Waals surface area contributed by atoms with Gasteiger partial charge in [0.05, 0.1) is 23.5 Å². The number of benzene rings is 3. The van der Waals surface area contributed by atoms with Crippen LogP contribution in [0.5, 0.6) is 17.2 Å². The summed E-state index contributed by atoms with van der Waals surface area (Å²) in [5.41, 5.74) is 19.7. The molecule has 0 fully saturated rings. The fraction of sp³-hybridized carbons (Fsp3) is 0.549. The van der Waals surface area contributed by atoms with Gasteiger partial charge in [0.1, 0.15) is 34.1 Å². The highest BCUT2D eigenvalue weighted by molar-refractivity contribution is 7.90. The van der Waals surface area contributed by atoms with Gasteiger partial charge < -0.3 is 35.4 Å². The van der Waals surface area contributed by atoms with E-state index in [0.29, 0.717) is 72.7 Å². The first-order chi connectivity index (χ1) is 32.4. The molecule has 0 saturated carbocycles. The van der Waals surface area contributed by atoms with E-state index < -0.39 is 26.0 Å². The number of unbranched alkanes of at least 4 members (excludes halogenated alkanes) is 5. The quantitative estimate of drug-likeness (QED) is 0.0259. The maximum Gasteiger partial charge on any atom is 0.354 e. The number of aryl methyl sites for hydroxylation is 1. The largest absolute Gasteiger partial charge is 0.494 e. The summed E-state index contributed by atoms with van der Waals surface area (Å²) >= 11 is 0. The Morgan fingerprint density at radius 2 is 1.17 bits per heavy atom. The minimum absolute atomic E-state index is 0.151. The number of fused-ring (bicyclic) bond motifs is 3. The highest BCUT2D eigenvalue weighted by atomic mass is 32.2. The van der Waals surface area contributed by atoms with Gasteiger partial charge in [0, 0.05) is 24.0 Å². The second-order valence-electron chi connectivity index (χ2n) is 19.7. The molecule has 0 saturated heterocycles. The standard InChI is InChI=1S/C51H73N7O9S2/c1-30-32(3)45(34(5)37-22-24-50(7,8)66-43(30)37)68(60,61)57-48(52)54-26-16-13-12-15-19-39-40-29-36(20-21-41(40)56-42(39)47(59)64-11)65-28-18-14-17-27-55-49(53)58-69(62,63)46-33(4)31(2)44-38(35(46)6)23-25-51(9,10)67-44/h20-21,29,56H,12-19,22-28H2,1-11H3,(H3,52,54,57)(H3,53,55,58). The second-order valence-corrected chi connectivity index (χ2v) is 23.0. The average Bonchev–Trinajstić information content (AvgIpc) is 3.62. The lowest BCUT2D eigenvalue weighted by molar-refractivity contribution is 0.0593. The third-order valence-corrected chi connectivity index (χ3v) is 16.8. The van der Waals surface area contributed by atoms with Crippen LogP contribution in [0.4, 0.5) is 0 Å². The Hall–Kier alpha value is -5.49. The van der Waals surface area contributed by atoms with Gasteiger partial charge >= 0.3 is 5.97 Å². The second kappa shape index (κ2) is 21.2. The van der Waals surface area contributed by atoms with Crippen molar-refractivity contribution in [3.05, 3.63) is 74.0 Å². The number of carbonyl (C=O) groups excluding carboxylic acids is 1. The molecule has 6 rings (SSSR count). The molecule has 0 amide bonds. The van der Waals surface area contributed by atoms with Crippen molar-refractivity contribution < 1.29 is 40.6 Å². The van der Waals surface area contributed by atoms with Crippen molar-refractivity contribution in [3.63, 3.8) is 0 Å². The van der Waals surface area contributed by atoms with Crippen LogP contribution >= 0.6 is 0 Å². The molecule has 7 N–H and O–H groups in total. The van der Waals surface area contributed by atoms with E-state index in [9.17, 15) is 21.6 Å². The molecule has 3 heterocycles. The molecule has 0 bridgehead atoms. The van der Waals surface area contributed by atoms with E-state index in [1.54, 1.807) is 13.8 Å². The predicted molar refractivity (Wildman–Crippen MR) is 272 cm³/mol. The lowest BCUT2D eigenvalue weighted by Crippen LogP contribution is -2.38. The Bertz CT molecular complexity index is 2880. The van der Waals surface area contributed by atoms with Crippen LogP contribution in [0.2, 0.25) is 0 Å². The average molecular weight is 992 g/mol. The summed E-state index contributed by atoms with van der Waals surface area (Å²) in [6.45, 7) is 20.3. The summed E-state index contributed by atoms with van der Waals surface area (Å²) in [5, 5.41) is 0.883. The van der Waals surface area contributed by atoms with Gasteiger partial charge in [-0.15, -0.1) is 0 Å². The number of rotatable bonds is 19. The van der Waals surface area contributed by atoms with Gasteiger partial charge in [-0.2, -0.15) is 0 Å². The number of hydrogen-bond acceptors (Lipinski definition) is 11. The van der Waals surface area contributed by atoms with Crippen LogP contribution in [0.3, 0.4) is 0 Å². The number of aromatic nitrogens is 1. The van der Waals surface area contributed by atoms with Crippen LogP contribution in [0.25, 0.3) is 10.9 Å². The van der Waals surface area contributed by atoms with Crippen molar-refractivity contribution in [2.75, 3.05) is 26.8 Å². The van der Waals surface area contributed by atoms with Crippen molar-refractivity contribution >= 4 is 48.8 Å². The Kier molecular flexibility index (Phi) is 16.3. The van der Waals surface area contributed by atoms with Crippen molar-refractivity contribution in [1.29, 1.82) is 0 Å². The van der Waals surface area contributed by atoms with E-state index in [1.165, 1.54) is 7.11 Å². The van der Waals surface area contributed by atoms with Crippen LogP contribution < -0.4 is 35.1 Å². The van der Waals surface area contributed by atoms with Gasteiger partial charge in [0.2, 0.25) is 11.9 Å². The predicted octanol–water partition coefficient (Wildman–Crippen LogP) is 8.25. The topological polar surface area (TPSA) is 239 Å². The molecule has 18 heteroatoms. The summed E-state index contributed by atoms with van der Waals surface area (Å²) < 4.78 is 83.1. The van der Waals surface area contributed by atoms with E-state index in [4.69, 9.17) is 30.4 Å². The number of hydrogen-bond donors (Lipinski definition) is 5. The zero-order valence-corrected chi connectivity index (χ0v) is 44.0. The number of nitrogens with zero attached hydrogens (tertiary/aromatic N) is 2. The molecule has 1 aromatic heterocycles. The lowest BCUT2D eigenvalue weighted by atomic mass is 9.88.